The molecule has 1 aromatic carbocycles. The summed E-state index contributed by atoms with van der Waals surface area (Å²) in [6.07, 6.45) is 7.08. The summed E-state index contributed by atoms with van der Waals surface area (Å²) in [6.45, 7) is 2.98. The average Bonchev–Trinajstić information content (AvgIpc) is 3.28. The molecule has 0 aliphatic carbocycles. The Bertz CT molecular complexity index is 860. The van der Waals surface area contributed by atoms with Gasteiger partial charge < -0.3 is 9.80 Å². The van der Waals surface area contributed by atoms with Crippen molar-refractivity contribution in [3.05, 3.63) is 66.5 Å². The minimum absolute atomic E-state index is 0.847. The van der Waals surface area contributed by atoms with Crippen molar-refractivity contribution in [1.82, 2.24) is 15.0 Å². The topological polar surface area (TPSA) is 45.2 Å². The van der Waals surface area contributed by atoms with Crippen molar-refractivity contribution < 1.29 is 0 Å². The molecule has 138 valence electrons. The molecule has 5 nitrogen and oxygen atoms in total. The van der Waals surface area contributed by atoms with Crippen molar-refractivity contribution >= 4 is 11.8 Å². The molecule has 0 bridgehead atoms. The van der Waals surface area contributed by atoms with Crippen LogP contribution in [0.5, 0.6) is 0 Å². The highest BCUT2D eigenvalue weighted by Gasteiger charge is 2.18. The number of rotatable bonds is 6. The lowest BCUT2D eigenvalue weighted by Gasteiger charge is -2.22. The third-order valence-electron chi connectivity index (χ3n) is 5.04. The van der Waals surface area contributed by atoms with Gasteiger partial charge in [0.15, 0.2) is 0 Å². The van der Waals surface area contributed by atoms with E-state index in [0.29, 0.717) is 0 Å². The van der Waals surface area contributed by atoms with Crippen LogP contribution in [0.4, 0.5) is 11.8 Å². The summed E-state index contributed by atoms with van der Waals surface area (Å²) in [5, 5.41) is 0. The van der Waals surface area contributed by atoms with Crippen molar-refractivity contribution in [1.29, 1.82) is 0 Å². The van der Waals surface area contributed by atoms with Gasteiger partial charge in [0.05, 0.1) is 5.69 Å². The van der Waals surface area contributed by atoms with Crippen molar-refractivity contribution in [2.45, 2.75) is 19.3 Å². The fraction of sp³-hybridized carbons (Fsp3) is 0.318. The Kier molecular flexibility index (Phi) is 5.28. The molecule has 3 aromatic rings. The summed E-state index contributed by atoms with van der Waals surface area (Å²) in [7, 11) is 2.10. The first-order chi connectivity index (χ1) is 13.3. The van der Waals surface area contributed by atoms with Crippen molar-refractivity contribution in [2.75, 3.05) is 36.5 Å². The molecule has 0 amide bonds. The van der Waals surface area contributed by atoms with Crippen LogP contribution in [0.2, 0.25) is 0 Å². The molecule has 3 heterocycles. The van der Waals surface area contributed by atoms with E-state index in [2.05, 4.69) is 64.3 Å². The summed E-state index contributed by atoms with van der Waals surface area (Å²) in [5.41, 5.74) is 3.40. The van der Waals surface area contributed by atoms with Gasteiger partial charge in [-0.1, -0.05) is 30.3 Å². The number of nitrogens with zero attached hydrogens (tertiary/aromatic N) is 5. The largest absolute Gasteiger partial charge is 0.359 e. The van der Waals surface area contributed by atoms with Crippen LogP contribution in [0.1, 0.15) is 18.4 Å². The third kappa shape index (κ3) is 4.25. The fourth-order valence-corrected chi connectivity index (χ4v) is 3.39. The zero-order valence-electron chi connectivity index (χ0n) is 15.8. The molecule has 1 fully saturated rings. The Balaban J connectivity index is 1.61. The number of hydrogen-bond donors (Lipinski definition) is 0. The van der Waals surface area contributed by atoms with Crippen molar-refractivity contribution in [3.8, 4) is 11.3 Å². The second-order valence-corrected chi connectivity index (χ2v) is 7.00. The van der Waals surface area contributed by atoms with E-state index >= 15 is 0 Å². The van der Waals surface area contributed by atoms with E-state index in [1.807, 2.05) is 18.5 Å². The van der Waals surface area contributed by atoms with Crippen LogP contribution in [0.25, 0.3) is 11.3 Å². The zero-order valence-corrected chi connectivity index (χ0v) is 15.8. The minimum Gasteiger partial charge on any atom is -0.359 e. The lowest BCUT2D eigenvalue weighted by Crippen LogP contribution is -2.25. The Hall–Kier alpha value is -2.95. The first-order valence-corrected chi connectivity index (χ1v) is 9.59. The van der Waals surface area contributed by atoms with Crippen LogP contribution in [-0.4, -0.2) is 41.6 Å². The monoisotopic (exact) mass is 359 g/mol. The standard InChI is InChI=1S/C22H25N5/c1-26(16-11-18-9-12-23-13-10-18)21-17-20(19-7-3-2-4-8-19)24-22(25-21)27-14-5-6-15-27/h2-4,7-10,12-13,17H,5-6,11,14-16H2,1H3. The molecule has 0 N–H and O–H groups in total. The third-order valence-corrected chi connectivity index (χ3v) is 5.04. The number of pyridine rings is 1. The summed E-state index contributed by atoms with van der Waals surface area (Å²) in [6, 6.07) is 16.6. The van der Waals surface area contributed by atoms with Gasteiger partial charge in [0.25, 0.3) is 0 Å². The molecule has 4 rings (SSSR count). The molecule has 1 aliphatic rings. The number of benzene rings is 1. The number of aromatic nitrogens is 3. The normalized spacial score (nSPS) is 13.7. The zero-order chi connectivity index (χ0) is 18.5. The molecular weight excluding hydrogens is 334 g/mol. The first-order valence-electron chi connectivity index (χ1n) is 9.59. The van der Waals surface area contributed by atoms with Gasteiger partial charge in [0, 0.05) is 50.7 Å². The molecule has 1 aliphatic heterocycles. The van der Waals surface area contributed by atoms with Gasteiger partial charge in [-0.3, -0.25) is 4.98 Å². The molecule has 0 spiro atoms. The SMILES string of the molecule is CN(CCc1ccncc1)c1cc(-c2ccccc2)nc(N2CCCC2)n1. The van der Waals surface area contributed by atoms with Crippen LogP contribution in [0.3, 0.4) is 0 Å². The van der Waals surface area contributed by atoms with Gasteiger partial charge in [0.1, 0.15) is 5.82 Å². The maximum absolute atomic E-state index is 4.88. The Morgan fingerprint density at radius 1 is 0.963 bits per heavy atom. The Morgan fingerprint density at radius 3 is 2.44 bits per heavy atom. The smallest absolute Gasteiger partial charge is 0.227 e. The van der Waals surface area contributed by atoms with Crippen LogP contribution in [0.15, 0.2) is 60.9 Å². The van der Waals surface area contributed by atoms with E-state index in [-0.39, 0.29) is 0 Å². The Morgan fingerprint density at radius 2 is 1.70 bits per heavy atom. The van der Waals surface area contributed by atoms with E-state index in [9.17, 15) is 0 Å². The molecule has 0 atom stereocenters. The molecule has 27 heavy (non-hydrogen) atoms. The predicted molar refractivity (Wildman–Crippen MR) is 110 cm³/mol. The number of hydrogen-bond acceptors (Lipinski definition) is 5. The number of likely N-dealkylation sites (N-methyl/N-ethyl adjacent to an activating group) is 1. The van der Waals surface area contributed by atoms with Gasteiger partial charge in [-0.25, -0.2) is 4.98 Å². The minimum atomic E-state index is 0.847. The molecule has 0 saturated carbocycles. The molecule has 1 saturated heterocycles. The maximum atomic E-state index is 4.88. The van der Waals surface area contributed by atoms with Crippen LogP contribution >= 0.6 is 0 Å². The van der Waals surface area contributed by atoms with Crippen LogP contribution < -0.4 is 9.80 Å². The number of anilines is 2. The van der Waals surface area contributed by atoms with E-state index in [4.69, 9.17) is 9.97 Å². The molecular formula is C22H25N5. The second-order valence-electron chi connectivity index (χ2n) is 7.00. The maximum Gasteiger partial charge on any atom is 0.227 e. The lowest BCUT2D eigenvalue weighted by molar-refractivity contribution is 0.839. The lowest BCUT2D eigenvalue weighted by atomic mass is 10.1. The van der Waals surface area contributed by atoms with E-state index < -0.39 is 0 Å². The quantitative estimate of drug-likeness (QED) is 0.669. The first kappa shape index (κ1) is 17.5. The van der Waals surface area contributed by atoms with Crippen LogP contribution in [0, 0.1) is 0 Å². The van der Waals surface area contributed by atoms with Gasteiger partial charge in [-0.05, 0) is 37.0 Å². The Labute approximate surface area is 160 Å². The second kappa shape index (κ2) is 8.16. The van der Waals surface area contributed by atoms with E-state index in [1.165, 1.54) is 18.4 Å². The highest BCUT2D eigenvalue weighted by molar-refractivity contribution is 5.65. The van der Waals surface area contributed by atoms with Gasteiger partial charge in [0.2, 0.25) is 5.95 Å². The highest BCUT2D eigenvalue weighted by Crippen LogP contribution is 2.26. The average molecular weight is 359 g/mol. The summed E-state index contributed by atoms with van der Waals surface area (Å²) in [4.78, 5) is 18.4. The highest BCUT2D eigenvalue weighted by atomic mass is 15.3. The summed E-state index contributed by atoms with van der Waals surface area (Å²) < 4.78 is 0. The van der Waals surface area contributed by atoms with Crippen LogP contribution in [-0.2, 0) is 6.42 Å². The molecule has 2 aromatic heterocycles. The molecule has 0 unspecified atom stereocenters. The van der Waals surface area contributed by atoms with Gasteiger partial charge >= 0.3 is 0 Å². The predicted octanol–water partition coefficient (Wildman–Crippen LogP) is 3.82. The fourth-order valence-electron chi connectivity index (χ4n) is 3.39. The van der Waals surface area contributed by atoms with E-state index in [0.717, 1.165) is 49.1 Å². The van der Waals surface area contributed by atoms with Crippen molar-refractivity contribution in [3.63, 3.8) is 0 Å². The van der Waals surface area contributed by atoms with Crippen molar-refractivity contribution in [2.24, 2.45) is 0 Å². The molecule has 0 radical (unpaired) electrons. The summed E-state index contributed by atoms with van der Waals surface area (Å²) in [5.74, 6) is 1.82. The molecule has 5 heteroatoms. The van der Waals surface area contributed by atoms with Gasteiger partial charge in [-0.15, -0.1) is 0 Å². The summed E-state index contributed by atoms with van der Waals surface area (Å²) >= 11 is 0. The van der Waals surface area contributed by atoms with Gasteiger partial charge in [-0.2, -0.15) is 4.98 Å². The van der Waals surface area contributed by atoms with E-state index in [1.54, 1.807) is 0 Å².